The zero-order valence-electron chi connectivity index (χ0n) is 11.2. The Hall–Kier alpha value is -2.36. The zero-order valence-corrected chi connectivity index (χ0v) is 11.2. The van der Waals surface area contributed by atoms with Crippen LogP contribution in [0.1, 0.15) is 17.5 Å². The lowest BCUT2D eigenvalue weighted by Crippen LogP contribution is -2.28. The first kappa shape index (κ1) is 12.7. The number of non-ortho nitro benzene ring substituents is 1. The molecule has 0 fully saturated rings. The Kier molecular flexibility index (Phi) is 3.37. The topological polar surface area (TPSA) is 46.4 Å². The van der Waals surface area contributed by atoms with Gasteiger partial charge in [-0.1, -0.05) is 30.3 Å². The molecule has 2 aromatic rings. The van der Waals surface area contributed by atoms with Crippen molar-refractivity contribution in [3.63, 3.8) is 0 Å². The second-order valence-corrected chi connectivity index (χ2v) is 5.08. The van der Waals surface area contributed by atoms with Gasteiger partial charge in [-0.15, -0.1) is 0 Å². The maximum Gasteiger partial charge on any atom is 0.269 e. The normalized spacial score (nSPS) is 13.9. The molecular weight excluding hydrogens is 252 g/mol. The molecule has 0 amide bonds. The van der Waals surface area contributed by atoms with Gasteiger partial charge < -0.3 is 4.90 Å². The molecule has 0 bridgehead atoms. The second-order valence-electron chi connectivity index (χ2n) is 5.08. The average molecular weight is 268 g/mol. The monoisotopic (exact) mass is 268 g/mol. The van der Waals surface area contributed by atoms with Crippen molar-refractivity contribution in [1.29, 1.82) is 0 Å². The Labute approximate surface area is 117 Å². The molecule has 1 aliphatic heterocycles. The van der Waals surface area contributed by atoms with Crippen LogP contribution in [-0.4, -0.2) is 11.5 Å². The van der Waals surface area contributed by atoms with Crippen LogP contribution < -0.4 is 4.90 Å². The van der Waals surface area contributed by atoms with Crippen LogP contribution in [0.4, 0.5) is 11.4 Å². The van der Waals surface area contributed by atoms with E-state index in [0.29, 0.717) is 0 Å². The van der Waals surface area contributed by atoms with E-state index in [-0.39, 0.29) is 10.6 Å². The lowest BCUT2D eigenvalue weighted by Gasteiger charge is -2.31. The maximum atomic E-state index is 10.8. The van der Waals surface area contributed by atoms with Crippen molar-refractivity contribution in [1.82, 2.24) is 0 Å². The van der Waals surface area contributed by atoms with Crippen molar-refractivity contribution in [3.05, 3.63) is 69.8 Å². The van der Waals surface area contributed by atoms with E-state index in [0.717, 1.165) is 31.5 Å². The van der Waals surface area contributed by atoms with Crippen molar-refractivity contribution in [2.24, 2.45) is 0 Å². The van der Waals surface area contributed by atoms with E-state index in [2.05, 4.69) is 23.1 Å². The standard InChI is InChI=1S/C16H16N2O2/c19-18(20)15-8-3-5-13(11-15)12-17-10-4-7-14-6-1-2-9-16(14)17/h1-3,5-6,8-9,11H,4,7,10,12H2. The first-order valence-corrected chi connectivity index (χ1v) is 6.80. The molecule has 1 heterocycles. The Morgan fingerprint density at radius 3 is 2.85 bits per heavy atom. The molecule has 0 aliphatic carbocycles. The number of fused-ring (bicyclic) bond motifs is 1. The fraction of sp³-hybridized carbons (Fsp3) is 0.250. The van der Waals surface area contributed by atoms with E-state index >= 15 is 0 Å². The number of hydrogen-bond donors (Lipinski definition) is 0. The summed E-state index contributed by atoms with van der Waals surface area (Å²) in [6.07, 6.45) is 2.24. The van der Waals surface area contributed by atoms with E-state index < -0.39 is 0 Å². The Morgan fingerprint density at radius 2 is 2.00 bits per heavy atom. The minimum atomic E-state index is -0.340. The fourth-order valence-corrected chi connectivity index (χ4v) is 2.76. The summed E-state index contributed by atoms with van der Waals surface area (Å²) in [6.45, 7) is 1.72. The van der Waals surface area contributed by atoms with Crippen LogP contribution in [0.2, 0.25) is 0 Å². The SMILES string of the molecule is O=[N+]([O-])c1cccc(CN2CCCc3ccccc32)c1. The van der Waals surface area contributed by atoms with Gasteiger partial charge in [-0.2, -0.15) is 0 Å². The summed E-state index contributed by atoms with van der Waals surface area (Å²) < 4.78 is 0. The molecule has 0 radical (unpaired) electrons. The molecule has 0 N–H and O–H groups in total. The fourth-order valence-electron chi connectivity index (χ4n) is 2.76. The summed E-state index contributed by atoms with van der Waals surface area (Å²) in [5.41, 5.74) is 3.76. The van der Waals surface area contributed by atoms with Crippen molar-refractivity contribution in [2.45, 2.75) is 19.4 Å². The van der Waals surface area contributed by atoms with Gasteiger partial charge in [-0.3, -0.25) is 10.1 Å². The third kappa shape index (κ3) is 2.50. The molecule has 4 heteroatoms. The summed E-state index contributed by atoms with van der Waals surface area (Å²) in [7, 11) is 0. The van der Waals surface area contributed by atoms with E-state index in [4.69, 9.17) is 0 Å². The molecule has 2 aromatic carbocycles. The number of anilines is 1. The number of rotatable bonds is 3. The second kappa shape index (κ2) is 5.33. The number of benzene rings is 2. The van der Waals surface area contributed by atoms with Gasteiger partial charge in [0.25, 0.3) is 5.69 Å². The van der Waals surface area contributed by atoms with Crippen molar-refractivity contribution in [2.75, 3.05) is 11.4 Å². The van der Waals surface area contributed by atoms with Gasteiger partial charge in [-0.25, -0.2) is 0 Å². The maximum absolute atomic E-state index is 10.8. The van der Waals surface area contributed by atoms with Gasteiger partial charge in [0.2, 0.25) is 0 Å². The number of nitrogens with zero attached hydrogens (tertiary/aromatic N) is 2. The lowest BCUT2D eigenvalue weighted by atomic mass is 10.0. The van der Waals surface area contributed by atoms with Crippen LogP contribution in [0.5, 0.6) is 0 Å². The first-order chi connectivity index (χ1) is 9.74. The highest BCUT2D eigenvalue weighted by atomic mass is 16.6. The smallest absolute Gasteiger partial charge is 0.269 e. The molecular formula is C16H16N2O2. The number of hydrogen-bond acceptors (Lipinski definition) is 3. The summed E-state index contributed by atoms with van der Waals surface area (Å²) >= 11 is 0. The third-order valence-corrected chi connectivity index (χ3v) is 3.70. The first-order valence-electron chi connectivity index (χ1n) is 6.80. The number of aryl methyl sites for hydroxylation is 1. The van der Waals surface area contributed by atoms with Crippen LogP contribution >= 0.6 is 0 Å². The van der Waals surface area contributed by atoms with E-state index in [1.807, 2.05) is 12.1 Å². The van der Waals surface area contributed by atoms with Crippen molar-refractivity contribution in [3.8, 4) is 0 Å². The summed E-state index contributed by atoms with van der Waals surface area (Å²) in [6, 6.07) is 15.3. The molecule has 102 valence electrons. The molecule has 0 aromatic heterocycles. The number of nitro benzene ring substituents is 1. The zero-order chi connectivity index (χ0) is 13.9. The number of para-hydroxylation sites is 1. The predicted octanol–water partition coefficient (Wildman–Crippen LogP) is 3.55. The van der Waals surface area contributed by atoms with Gasteiger partial charge in [0.1, 0.15) is 0 Å². The van der Waals surface area contributed by atoms with Gasteiger partial charge in [0.15, 0.2) is 0 Å². The minimum absolute atomic E-state index is 0.160. The molecule has 1 aliphatic rings. The largest absolute Gasteiger partial charge is 0.367 e. The van der Waals surface area contributed by atoms with Crippen LogP contribution in [0.3, 0.4) is 0 Å². The van der Waals surface area contributed by atoms with Crippen molar-refractivity contribution >= 4 is 11.4 Å². The van der Waals surface area contributed by atoms with Crippen molar-refractivity contribution < 1.29 is 4.92 Å². The van der Waals surface area contributed by atoms with Crippen LogP contribution in [0.25, 0.3) is 0 Å². The summed E-state index contributed by atoms with van der Waals surface area (Å²) in [5.74, 6) is 0. The van der Waals surface area contributed by atoms with Gasteiger partial charge in [0, 0.05) is 30.9 Å². The van der Waals surface area contributed by atoms with E-state index in [9.17, 15) is 10.1 Å². The summed E-state index contributed by atoms with van der Waals surface area (Å²) in [4.78, 5) is 12.8. The van der Waals surface area contributed by atoms with Gasteiger partial charge >= 0.3 is 0 Å². The van der Waals surface area contributed by atoms with Gasteiger partial charge in [-0.05, 0) is 30.0 Å². The highest BCUT2D eigenvalue weighted by molar-refractivity contribution is 5.56. The Morgan fingerprint density at radius 1 is 1.15 bits per heavy atom. The van der Waals surface area contributed by atoms with E-state index in [1.54, 1.807) is 12.1 Å². The van der Waals surface area contributed by atoms with Crippen LogP contribution in [0.15, 0.2) is 48.5 Å². The average Bonchev–Trinajstić information content (AvgIpc) is 2.48. The highest BCUT2D eigenvalue weighted by Gasteiger charge is 2.17. The molecule has 4 nitrogen and oxygen atoms in total. The molecule has 20 heavy (non-hydrogen) atoms. The van der Waals surface area contributed by atoms with E-state index in [1.165, 1.54) is 17.3 Å². The molecule has 0 atom stereocenters. The molecule has 3 rings (SSSR count). The Bertz CT molecular complexity index is 640. The summed E-state index contributed by atoms with van der Waals surface area (Å²) in [5, 5.41) is 10.8. The van der Waals surface area contributed by atoms with Crippen LogP contribution in [-0.2, 0) is 13.0 Å². The molecule has 0 saturated heterocycles. The highest BCUT2D eigenvalue weighted by Crippen LogP contribution is 2.28. The molecule has 0 saturated carbocycles. The molecule has 0 unspecified atom stereocenters. The van der Waals surface area contributed by atoms with Crippen LogP contribution in [0, 0.1) is 10.1 Å². The minimum Gasteiger partial charge on any atom is -0.367 e. The van der Waals surface area contributed by atoms with Gasteiger partial charge in [0.05, 0.1) is 4.92 Å². The number of nitro groups is 1. The molecule has 0 spiro atoms. The third-order valence-electron chi connectivity index (χ3n) is 3.70. The Balaban J connectivity index is 1.85. The predicted molar refractivity (Wildman–Crippen MR) is 78.9 cm³/mol. The lowest BCUT2D eigenvalue weighted by molar-refractivity contribution is -0.384. The quantitative estimate of drug-likeness (QED) is 0.631.